The van der Waals surface area contributed by atoms with Crippen LogP contribution in [0.4, 0.5) is 5.95 Å². The van der Waals surface area contributed by atoms with Crippen LogP contribution in [0.1, 0.15) is 57.2 Å². The van der Waals surface area contributed by atoms with Crippen molar-refractivity contribution >= 4 is 35.1 Å². The number of benzene rings is 2. The molecule has 1 N–H and O–H groups in total. The number of hydrogen-bond donors (Lipinski definition) is 1. The molecule has 0 saturated heterocycles. The Morgan fingerprint density at radius 3 is 2.78 bits per heavy atom. The number of ketones is 1. The van der Waals surface area contributed by atoms with Gasteiger partial charge in [-0.25, -0.2) is 4.68 Å². The van der Waals surface area contributed by atoms with Gasteiger partial charge in [-0.15, -0.1) is 5.10 Å². The van der Waals surface area contributed by atoms with Gasteiger partial charge in [-0.3, -0.25) is 4.79 Å². The number of Topliss-reactive ketones (excluding diaryl/α,β-unsaturated/α-hetero) is 1. The maximum absolute atomic E-state index is 13.5. The van der Waals surface area contributed by atoms with E-state index in [2.05, 4.69) is 26.1 Å². The lowest BCUT2D eigenvalue weighted by molar-refractivity contribution is -0.118. The molecule has 0 saturated carbocycles. The molecule has 2 aromatic carbocycles. The van der Waals surface area contributed by atoms with Crippen LogP contribution in [0.15, 0.2) is 58.9 Å². The molecule has 0 bridgehead atoms. The molecule has 1 aliphatic carbocycles. The zero-order valence-electron chi connectivity index (χ0n) is 21.5. The number of anilines is 1. The smallest absolute Gasteiger partial charge is 0.227 e. The standard InChI is InChI=1S/C28H31ClN4O3S/c1-5-11-37-27-31-26-30-20-14-28(2,3)15-21(34)24(20)25(33(26)32-27)18-9-10-22(23(13-18)35-4)36-16-17-7-6-8-19(29)12-17/h6-10,12-13,25H,5,11,14-16H2,1-4H3,(H,30,31,32). The molecule has 2 heterocycles. The van der Waals surface area contributed by atoms with E-state index in [1.54, 1.807) is 18.9 Å². The van der Waals surface area contributed by atoms with E-state index in [1.165, 1.54) is 0 Å². The van der Waals surface area contributed by atoms with Gasteiger partial charge in [0.1, 0.15) is 12.6 Å². The lowest BCUT2D eigenvalue weighted by atomic mass is 9.73. The highest BCUT2D eigenvalue weighted by molar-refractivity contribution is 7.99. The van der Waals surface area contributed by atoms with E-state index in [9.17, 15) is 4.79 Å². The Morgan fingerprint density at radius 1 is 1.19 bits per heavy atom. The summed E-state index contributed by atoms with van der Waals surface area (Å²) in [6.45, 7) is 6.75. The van der Waals surface area contributed by atoms with Crippen LogP contribution in [-0.4, -0.2) is 33.4 Å². The van der Waals surface area contributed by atoms with E-state index in [1.807, 2.05) is 47.1 Å². The van der Waals surface area contributed by atoms with Crippen molar-refractivity contribution in [2.75, 3.05) is 18.2 Å². The molecule has 0 amide bonds. The summed E-state index contributed by atoms with van der Waals surface area (Å²) in [5, 5.41) is 9.61. The van der Waals surface area contributed by atoms with Gasteiger partial charge in [-0.1, -0.05) is 62.3 Å². The summed E-state index contributed by atoms with van der Waals surface area (Å²) in [7, 11) is 1.62. The fraction of sp³-hybridized carbons (Fsp3) is 0.393. The normalized spacial score (nSPS) is 18.2. The first-order valence-corrected chi connectivity index (χ1v) is 13.8. The van der Waals surface area contributed by atoms with Gasteiger partial charge in [0, 0.05) is 28.5 Å². The summed E-state index contributed by atoms with van der Waals surface area (Å²) in [6.07, 6.45) is 2.29. The first-order chi connectivity index (χ1) is 17.8. The predicted molar refractivity (Wildman–Crippen MR) is 147 cm³/mol. The van der Waals surface area contributed by atoms with Gasteiger partial charge in [0.2, 0.25) is 11.1 Å². The minimum atomic E-state index is -0.394. The summed E-state index contributed by atoms with van der Waals surface area (Å²) in [5.41, 5.74) is 3.42. The average molecular weight is 539 g/mol. The number of carbonyl (C=O) groups is 1. The van der Waals surface area contributed by atoms with Crippen molar-refractivity contribution in [3.8, 4) is 11.5 Å². The summed E-state index contributed by atoms with van der Waals surface area (Å²) >= 11 is 7.74. The number of ether oxygens (including phenoxy) is 2. The molecule has 3 aromatic rings. The van der Waals surface area contributed by atoms with Crippen LogP contribution in [0.5, 0.6) is 11.5 Å². The van der Waals surface area contributed by atoms with E-state index in [0.717, 1.165) is 41.0 Å². The van der Waals surface area contributed by atoms with Crippen molar-refractivity contribution in [1.82, 2.24) is 14.8 Å². The van der Waals surface area contributed by atoms with Crippen LogP contribution in [0.25, 0.3) is 0 Å². The van der Waals surface area contributed by atoms with Gasteiger partial charge in [-0.05, 0) is 53.6 Å². The fourth-order valence-corrected chi connectivity index (χ4v) is 5.81. The molecule has 0 radical (unpaired) electrons. The van der Waals surface area contributed by atoms with Crippen LogP contribution in [0, 0.1) is 5.41 Å². The second-order valence-electron chi connectivity index (χ2n) is 10.2. The number of thioether (sulfide) groups is 1. The molecule has 5 rings (SSSR count). The lowest BCUT2D eigenvalue weighted by Gasteiger charge is -2.38. The van der Waals surface area contributed by atoms with Crippen molar-refractivity contribution in [3.63, 3.8) is 0 Å². The number of halogens is 1. The highest BCUT2D eigenvalue weighted by atomic mass is 35.5. The van der Waals surface area contributed by atoms with E-state index >= 15 is 0 Å². The summed E-state index contributed by atoms with van der Waals surface area (Å²) in [5.74, 6) is 2.93. The molecule has 0 spiro atoms. The third-order valence-electron chi connectivity index (χ3n) is 6.53. The van der Waals surface area contributed by atoms with Crippen LogP contribution < -0.4 is 14.8 Å². The Labute approximate surface area is 226 Å². The SMILES string of the molecule is CCCSc1nc2n(n1)C(c1ccc(OCc3cccc(Cl)c3)c(OC)c1)C1=C(CC(C)(C)CC1=O)N2. The molecule has 1 unspecified atom stereocenters. The Hall–Kier alpha value is -2.97. The second kappa shape index (κ2) is 10.4. The molecule has 194 valence electrons. The van der Waals surface area contributed by atoms with Crippen molar-refractivity contribution in [1.29, 1.82) is 0 Å². The van der Waals surface area contributed by atoms with E-state index in [4.69, 9.17) is 31.2 Å². The molecule has 1 aromatic heterocycles. The number of methoxy groups -OCH3 is 1. The Balaban J connectivity index is 1.52. The molecule has 37 heavy (non-hydrogen) atoms. The van der Waals surface area contributed by atoms with E-state index < -0.39 is 6.04 Å². The molecule has 1 aliphatic heterocycles. The quantitative estimate of drug-likeness (QED) is 0.320. The monoisotopic (exact) mass is 538 g/mol. The van der Waals surface area contributed by atoms with Gasteiger partial charge in [0.25, 0.3) is 0 Å². The highest BCUT2D eigenvalue weighted by Crippen LogP contribution is 2.46. The van der Waals surface area contributed by atoms with Gasteiger partial charge in [-0.2, -0.15) is 4.98 Å². The number of nitrogens with zero attached hydrogens (tertiary/aromatic N) is 3. The van der Waals surface area contributed by atoms with Gasteiger partial charge in [0.05, 0.1) is 7.11 Å². The largest absolute Gasteiger partial charge is 0.493 e. The maximum atomic E-state index is 13.5. The Bertz CT molecular complexity index is 1370. The second-order valence-corrected chi connectivity index (χ2v) is 11.7. The maximum Gasteiger partial charge on any atom is 0.227 e. The lowest BCUT2D eigenvalue weighted by Crippen LogP contribution is -2.36. The van der Waals surface area contributed by atoms with E-state index in [-0.39, 0.29) is 11.2 Å². The predicted octanol–water partition coefficient (Wildman–Crippen LogP) is 6.68. The number of rotatable bonds is 8. The number of carbonyl (C=O) groups excluding carboxylic acids is 1. The molecule has 9 heteroatoms. The van der Waals surface area contributed by atoms with Crippen LogP contribution in [0.3, 0.4) is 0 Å². The van der Waals surface area contributed by atoms with Crippen molar-refractivity contribution < 1.29 is 14.3 Å². The van der Waals surface area contributed by atoms with Crippen molar-refractivity contribution in [2.45, 2.75) is 57.8 Å². The number of hydrogen-bond acceptors (Lipinski definition) is 7. The summed E-state index contributed by atoms with van der Waals surface area (Å²) in [6, 6.07) is 13.0. The topological polar surface area (TPSA) is 78.3 Å². The van der Waals surface area contributed by atoms with Gasteiger partial charge < -0.3 is 14.8 Å². The third-order valence-corrected chi connectivity index (χ3v) is 7.81. The minimum absolute atomic E-state index is 0.120. The summed E-state index contributed by atoms with van der Waals surface area (Å²) < 4.78 is 13.6. The average Bonchev–Trinajstić information content (AvgIpc) is 3.26. The molecular formula is C28H31ClN4O3S. The van der Waals surface area contributed by atoms with Crippen molar-refractivity contribution in [2.24, 2.45) is 5.41 Å². The Kier molecular flexibility index (Phi) is 7.23. The minimum Gasteiger partial charge on any atom is -0.493 e. The highest BCUT2D eigenvalue weighted by Gasteiger charge is 2.42. The van der Waals surface area contributed by atoms with E-state index in [0.29, 0.717) is 40.7 Å². The third kappa shape index (κ3) is 5.36. The van der Waals surface area contributed by atoms with Crippen LogP contribution in [0.2, 0.25) is 5.02 Å². The zero-order chi connectivity index (χ0) is 26.2. The molecule has 7 nitrogen and oxygen atoms in total. The van der Waals surface area contributed by atoms with Crippen LogP contribution in [-0.2, 0) is 11.4 Å². The number of fused-ring (bicyclic) bond motifs is 1. The summed E-state index contributed by atoms with van der Waals surface area (Å²) in [4.78, 5) is 18.2. The zero-order valence-corrected chi connectivity index (χ0v) is 23.1. The number of allylic oxidation sites excluding steroid dienone is 2. The first-order valence-electron chi connectivity index (χ1n) is 12.5. The molecule has 2 aliphatic rings. The first kappa shape index (κ1) is 25.7. The number of nitrogens with one attached hydrogen (secondary N) is 1. The Morgan fingerprint density at radius 2 is 2.03 bits per heavy atom. The van der Waals surface area contributed by atoms with Crippen molar-refractivity contribution in [3.05, 3.63) is 69.9 Å². The fourth-order valence-electron chi connectivity index (χ4n) is 4.91. The van der Waals surface area contributed by atoms with Crippen LogP contribution >= 0.6 is 23.4 Å². The van der Waals surface area contributed by atoms with Gasteiger partial charge >= 0.3 is 0 Å². The molecule has 0 fully saturated rings. The number of aromatic nitrogens is 3. The molecular weight excluding hydrogens is 508 g/mol. The van der Waals surface area contributed by atoms with Gasteiger partial charge in [0.15, 0.2) is 17.3 Å². The molecule has 1 atom stereocenters.